The Bertz CT molecular complexity index is 1590. The summed E-state index contributed by atoms with van der Waals surface area (Å²) in [7, 11) is 0.798. The van der Waals surface area contributed by atoms with Gasteiger partial charge in [0.25, 0.3) is 5.56 Å². The van der Waals surface area contributed by atoms with Crippen LogP contribution in [0, 0.1) is 17.7 Å². The molecule has 0 aliphatic heterocycles. The van der Waals surface area contributed by atoms with Gasteiger partial charge in [0.2, 0.25) is 0 Å². The summed E-state index contributed by atoms with van der Waals surface area (Å²) in [5.41, 5.74) is -4.24. The lowest BCUT2D eigenvalue weighted by molar-refractivity contribution is -0.151. The van der Waals surface area contributed by atoms with Gasteiger partial charge < -0.3 is 9.84 Å². The molecule has 0 saturated heterocycles. The number of aliphatic carboxylic acids is 1. The van der Waals surface area contributed by atoms with E-state index in [0.29, 0.717) is 12.8 Å². The first-order valence-corrected chi connectivity index (χ1v) is 13.5. The minimum Gasteiger partial charge on any atom is -0.481 e. The second-order valence-corrected chi connectivity index (χ2v) is 11.1. The quantitative estimate of drug-likeness (QED) is 0.200. The van der Waals surface area contributed by atoms with Gasteiger partial charge >= 0.3 is 23.8 Å². The molecule has 41 heavy (non-hydrogen) atoms. The second kappa shape index (κ2) is 12.1. The molecule has 0 radical (unpaired) electrons. The fraction of sp³-hybridized carbons (Fsp3) is 0.333. The zero-order valence-electron chi connectivity index (χ0n) is 21.4. The van der Waals surface area contributed by atoms with Crippen molar-refractivity contribution >= 4 is 35.3 Å². The molecular weight excluding hydrogens is 592 g/mol. The second-order valence-electron chi connectivity index (χ2n) is 9.51. The van der Waals surface area contributed by atoms with Gasteiger partial charge in [-0.25, -0.2) is 13.8 Å². The summed E-state index contributed by atoms with van der Waals surface area (Å²) in [6.07, 6.45) is -3.55. The van der Waals surface area contributed by atoms with E-state index in [0.717, 1.165) is 36.5 Å². The molecular formula is C27H23ClF4N2O6S. The van der Waals surface area contributed by atoms with Crippen LogP contribution in [0.3, 0.4) is 0 Å². The number of hydrogen-bond donors (Lipinski definition) is 1. The van der Waals surface area contributed by atoms with Gasteiger partial charge in [0.15, 0.2) is 0 Å². The van der Waals surface area contributed by atoms with Crippen molar-refractivity contribution in [2.75, 3.05) is 6.61 Å². The lowest BCUT2D eigenvalue weighted by atomic mass is 10.0. The highest BCUT2D eigenvalue weighted by atomic mass is 35.5. The molecule has 2 unspecified atom stereocenters. The topological polar surface area (TPSA) is 108 Å². The summed E-state index contributed by atoms with van der Waals surface area (Å²) in [5, 5.41) is 8.56. The van der Waals surface area contributed by atoms with Crippen LogP contribution >= 0.6 is 23.4 Å². The average Bonchev–Trinajstić information content (AvgIpc) is 3.74. The molecule has 14 heteroatoms. The maximum atomic E-state index is 14.9. The summed E-state index contributed by atoms with van der Waals surface area (Å²) in [6.45, 7) is -0.397. The maximum Gasteiger partial charge on any atom is 0.431 e. The van der Waals surface area contributed by atoms with E-state index in [4.69, 9.17) is 16.3 Å². The number of carbonyl (C=O) groups is 2. The average molecular weight is 615 g/mol. The number of carbonyl (C=O) groups excluding carboxylic acids is 1. The first kappa shape index (κ1) is 30.4. The summed E-state index contributed by atoms with van der Waals surface area (Å²) < 4.78 is 60.4. The van der Waals surface area contributed by atoms with E-state index >= 15 is 0 Å². The lowest BCUT2D eigenvalue weighted by Crippen LogP contribution is -2.41. The van der Waals surface area contributed by atoms with Gasteiger partial charge in [0, 0.05) is 18.0 Å². The molecule has 2 aromatic carbocycles. The summed E-state index contributed by atoms with van der Waals surface area (Å²) in [5.74, 6) is -4.17. The van der Waals surface area contributed by atoms with Gasteiger partial charge in [-0.1, -0.05) is 41.9 Å². The van der Waals surface area contributed by atoms with Gasteiger partial charge in [-0.05, 0) is 42.9 Å². The number of esters is 1. The van der Waals surface area contributed by atoms with Crippen LogP contribution < -0.4 is 11.2 Å². The van der Waals surface area contributed by atoms with E-state index in [1.165, 1.54) is 0 Å². The van der Waals surface area contributed by atoms with Crippen molar-refractivity contribution in [2.45, 2.75) is 35.6 Å². The highest BCUT2D eigenvalue weighted by Gasteiger charge is 2.39. The van der Waals surface area contributed by atoms with E-state index < -0.39 is 64.3 Å². The molecule has 3 aromatic rings. The number of benzene rings is 2. The molecule has 0 amide bonds. The van der Waals surface area contributed by atoms with E-state index in [2.05, 4.69) is 0 Å². The molecule has 1 heterocycles. The van der Waals surface area contributed by atoms with Crippen LogP contribution in [0.4, 0.5) is 17.6 Å². The van der Waals surface area contributed by atoms with Gasteiger partial charge in [-0.3, -0.25) is 19.0 Å². The SMILES string of the molecule is Cn1c(C(F)(F)F)cc(=O)n(-c2cc(SC(C(=O)OCC(Cc3ccccc3)C(=O)O)C3CC3)c(Cl)cc2F)c1=O. The Balaban J connectivity index is 1.59. The Hall–Kier alpha value is -3.58. The smallest absolute Gasteiger partial charge is 0.431 e. The van der Waals surface area contributed by atoms with Crippen LogP contribution in [0.1, 0.15) is 24.1 Å². The summed E-state index contributed by atoms with van der Waals surface area (Å²) in [4.78, 5) is 50.1. The Morgan fingerprint density at radius 1 is 1.15 bits per heavy atom. The number of carboxylic acids is 1. The van der Waals surface area contributed by atoms with E-state index in [1.54, 1.807) is 30.3 Å². The van der Waals surface area contributed by atoms with Crippen LogP contribution in [0.15, 0.2) is 63.0 Å². The highest BCUT2D eigenvalue weighted by Crippen LogP contribution is 2.44. The fourth-order valence-electron chi connectivity index (χ4n) is 4.15. The van der Waals surface area contributed by atoms with Crippen molar-refractivity contribution in [1.82, 2.24) is 9.13 Å². The molecule has 1 saturated carbocycles. The van der Waals surface area contributed by atoms with Crippen LogP contribution in [0.25, 0.3) is 5.69 Å². The normalized spacial score (nSPS) is 14.9. The highest BCUT2D eigenvalue weighted by molar-refractivity contribution is 8.00. The minimum absolute atomic E-state index is 0.0739. The molecule has 1 N–H and O–H groups in total. The standard InChI is InChI=1S/C27H23ClF4N2O6S/c1-33-21(27(30,31)32)12-22(35)34(26(33)39)19-11-20(17(28)10-18(19)29)41-23(15-7-8-15)25(38)40-13-16(24(36)37)9-14-5-3-2-4-6-14/h2-6,10-12,15-16,23H,7-9,13H2,1H3,(H,36,37). The first-order valence-electron chi connectivity index (χ1n) is 12.3. The molecule has 1 aliphatic rings. The Kier molecular flexibility index (Phi) is 8.97. The number of hydrogen-bond acceptors (Lipinski definition) is 6. The maximum absolute atomic E-state index is 14.9. The Labute approximate surface area is 239 Å². The van der Waals surface area contributed by atoms with Gasteiger partial charge in [-0.15, -0.1) is 11.8 Å². The summed E-state index contributed by atoms with van der Waals surface area (Å²) in [6, 6.07) is 10.8. The van der Waals surface area contributed by atoms with Crippen molar-refractivity contribution in [1.29, 1.82) is 0 Å². The van der Waals surface area contributed by atoms with Crippen molar-refractivity contribution in [3.8, 4) is 5.69 Å². The van der Waals surface area contributed by atoms with E-state index in [1.807, 2.05) is 0 Å². The number of nitrogens with zero attached hydrogens (tertiary/aromatic N) is 2. The summed E-state index contributed by atoms with van der Waals surface area (Å²) >= 11 is 7.08. The van der Waals surface area contributed by atoms with Gasteiger partial charge in [-0.2, -0.15) is 13.2 Å². The third-order valence-electron chi connectivity index (χ3n) is 6.49. The Morgan fingerprint density at radius 2 is 1.80 bits per heavy atom. The molecule has 0 bridgehead atoms. The van der Waals surface area contributed by atoms with E-state index in [9.17, 15) is 41.8 Å². The number of aromatic nitrogens is 2. The molecule has 218 valence electrons. The number of thioether (sulfide) groups is 1. The van der Waals surface area contributed by atoms with Crippen LogP contribution in [-0.2, 0) is 34.0 Å². The number of carboxylic acid groups (broad SMARTS) is 1. The number of halogens is 5. The van der Waals surface area contributed by atoms with Crippen molar-refractivity contribution in [2.24, 2.45) is 18.9 Å². The number of ether oxygens (including phenoxy) is 1. The largest absolute Gasteiger partial charge is 0.481 e. The molecule has 1 fully saturated rings. The van der Waals surface area contributed by atoms with Crippen molar-refractivity contribution in [3.05, 3.63) is 91.5 Å². The molecule has 1 aliphatic carbocycles. The molecule has 0 spiro atoms. The molecule has 8 nitrogen and oxygen atoms in total. The monoisotopic (exact) mass is 614 g/mol. The predicted molar refractivity (Wildman–Crippen MR) is 142 cm³/mol. The van der Waals surface area contributed by atoms with Crippen LogP contribution in [-0.4, -0.2) is 38.0 Å². The molecule has 4 rings (SSSR count). The molecule has 2 atom stereocenters. The third-order valence-corrected chi connectivity index (χ3v) is 8.34. The van der Waals surface area contributed by atoms with Gasteiger partial charge in [0.05, 0.1) is 16.6 Å². The Morgan fingerprint density at radius 3 is 2.39 bits per heavy atom. The minimum atomic E-state index is -5.00. The van der Waals surface area contributed by atoms with Crippen LogP contribution in [0.5, 0.6) is 0 Å². The van der Waals surface area contributed by atoms with Crippen molar-refractivity contribution in [3.63, 3.8) is 0 Å². The fourth-order valence-corrected chi connectivity index (χ4v) is 5.69. The van der Waals surface area contributed by atoms with Crippen molar-refractivity contribution < 1.29 is 37.0 Å². The third kappa shape index (κ3) is 7.02. The predicted octanol–water partition coefficient (Wildman–Crippen LogP) is 4.70. The zero-order valence-corrected chi connectivity index (χ0v) is 22.9. The van der Waals surface area contributed by atoms with Gasteiger partial charge in [0.1, 0.15) is 23.4 Å². The lowest BCUT2D eigenvalue weighted by Gasteiger charge is -2.19. The zero-order chi connectivity index (χ0) is 30.1. The van der Waals surface area contributed by atoms with Crippen LogP contribution in [0.2, 0.25) is 5.02 Å². The first-order chi connectivity index (χ1) is 19.3. The number of rotatable bonds is 10. The van der Waals surface area contributed by atoms with E-state index in [-0.39, 0.29) is 37.5 Å². The number of alkyl halides is 3. The molecule has 1 aromatic heterocycles.